The zero-order valence-corrected chi connectivity index (χ0v) is 21.5. The van der Waals surface area contributed by atoms with Crippen molar-refractivity contribution < 1.29 is 28.6 Å². The Labute approximate surface area is 230 Å². The van der Waals surface area contributed by atoms with Gasteiger partial charge in [-0.25, -0.2) is 9.18 Å². The molecule has 0 bridgehead atoms. The Balaban J connectivity index is 1.29. The Kier molecular flexibility index (Phi) is 7.87. The van der Waals surface area contributed by atoms with E-state index in [2.05, 4.69) is 5.32 Å². The Morgan fingerprint density at radius 1 is 0.825 bits per heavy atom. The van der Waals surface area contributed by atoms with Gasteiger partial charge in [-0.3, -0.25) is 14.9 Å². The summed E-state index contributed by atoms with van der Waals surface area (Å²) in [5.41, 5.74) is 4.57. The number of benzene rings is 4. The summed E-state index contributed by atoms with van der Waals surface area (Å²) in [6.45, 7) is 0.0586. The lowest BCUT2D eigenvalue weighted by Gasteiger charge is -2.23. The van der Waals surface area contributed by atoms with Gasteiger partial charge in [0.1, 0.15) is 6.61 Å². The molecule has 7 nitrogen and oxygen atoms in total. The van der Waals surface area contributed by atoms with E-state index in [0.29, 0.717) is 0 Å². The second-order valence-electron chi connectivity index (χ2n) is 9.47. The number of nitrogens with one attached hydrogen (secondary N) is 1. The van der Waals surface area contributed by atoms with Crippen molar-refractivity contribution in [3.63, 3.8) is 0 Å². The SMILES string of the molecule is O=C(O)CCN(Cc1ccccc1)C(=O)c1cccc(NC(=O)OCC2c3ccccc3-c3ccccc32)c1F. The molecule has 0 aromatic heterocycles. The normalized spacial score (nSPS) is 11.8. The van der Waals surface area contributed by atoms with Crippen molar-refractivity contribution in [1.82, 2.24) is 4.90 Å². The highest BCUT2D eigenvalue weighted by Crippen LogP contribution is 2.44. The maximum atomic E-state index is 15.5. The Morgan fingerprint density at radius 2 is 1.45 bits per heavy atom. The van der Waals surface area contributed by atoms with Crippen LogP contribution in [-0.2, 0) is 16.1 Å². The van der Waals surface area contributed by atoms with Crippen LogP contribution in [0.2, 0.25) is 0 Å². The average molecular weight is 539 g/mol. The van der Waals surface area contributed by atoms with Crippen molar-refractivity contribution in [2.45, 2.75) is 18.9 Å². The number of hydrogen-bond acceptors (Lipinski definition) is 4. The van der Waals surface area contributed by atoms with Gasteiger partial charge < -0.3 is 14.7 Å². The van der Waals surface area contributed by atoms with Gasteiger partial charge in [-0.1, -0.05) is 84.9 Å². The summed E-state index contributed by atoms with van der Waals surface area (Å²) in [7, 11) is 0. The molecule has 1 aliphatic carbocycles. The van der Waals surface area contributed by atoms with Gasteiger partial charge >= 0.3 is 12.1 Å². The molecule has 4 aromatic rings. The number of ether oxygens (including phenoxy) is 1. The van der Waals surface area contributed by atoms with Gasteiger partial charge in [0.2, 0.25) is 0 Å². The van der Waals surface area contributed by atoms with E-state index in [-0.39, 0.29) is 43.3 Å². The topological polar surface area (TPSA) is 95.9 Å². The Morgan fingerprint density at radius 3 is 2.10 bits per heavy atom. The van der Waals surface area contributed by atoms with Gasteiger partial charge in [-0.05, 0) is 39.9 Å². The van der Waals surface area contributed by atoms with Crippen molar-refractivity contribution in [3.05, 3.63) is 125 Å². The van der Waals surface area contributed by atoms with E-state index < -0.39 is 23.8 Å². The lowest BCUT2D eigenvalue weighted by atomic mass is 9.98. The second kappa shape index (κ2) is 11.8. The van der Waals surface area contributed by atoms with Gasteiger partial charge in [-0.15, -0.1) is 0 Å². The van der Waals surface area contributed by atoms with Crippen LogP contribution in [0.1, 0.15) is 39.4 Å². The van der Waals surface area contributed by atoms with E-state index in [9.17, 15) is 14.4 Å². The maximum absolute atomic E-state index is 15.5. The first-order valence-electron chi connectivity index (χ1n) is 12.9. The standard InChI is InChI=1S/C32H27FN2O5/c33-30-26(31(38)35(18-17-29(36)37)19-21-9-2-1-3-10-21)15-8-16-28(30)34-32(39)40-20-27-24-13-6-4-11-22(24)23-12-5-7-14-25(23)27/h1-16,27H,17-20H2,(H,34,39)(H,36,37). The summed E-state index contributed by atoms with van der Waals surface area (Å²) in [5, 5.41) is 11.6. The van der Waals surface area contributed by atoms with Crippen LogP contribution in [0, 0.1) is 5.82 Å². The van der Waals surface area contributed by atoms with Crippen LogP contribution >= 0.6 is 0 Å². The largest absolute Gasteiger partial charge is 0.481 e. The minimum atomic E-state index is -1.07. The van der Waals surface area contributed by atoms with Crippen molar-refractivity contribution in [1.29, 1.82) is 0 Å². The first-order valence-corrected chi connectivity index (χ1v) is 12.9. The van der Waals surface area contributed by atoms with Crippen molar-refractivity contribution in [2.24, 2.45) is 0 Å². The molecule has 5 rings (SSSR count). The van der Waals surface area contributed by atoms with E-state index in [1.807, 2.05) is 54.6 Å². The summed E-state index contributed by atoms with van der Waals surface area (Å²) in [6.07, 6.45) is -1.14. The van der Waals surface area contributed by atoms with E-state index in [4.69, 9.17) is 9.84 Å². The minimum absolute atomic E-state index is 0.0557. The monoisotopic (exact) mass is 538 g/mol. The molecular weight excluding hydrogens is 511 g/mol. The zero-order valence-electron chi connectivity index (χ0n) is 21.5. The van der Waals surface area contributed by atoms with Crippen LogP contribution < -0.4 is 5.32 Å². The summed E-state index contributed by atoms with van der Waals surface area (Å²) in [6, 6.07) is 29.0. The van der Waals surface area contributed by atoms with Crippen molar-refractivity contribution >= 4 is 23.7 Å². The number of halogens is 1. The predicted octanol–water partition coefficient (Wildman–Crippen LogP) is 6.30. The molecule has 8 heteroatoms. The Bertz CT molecular complexity index is 1510. The quantitative estimate of drug-likeness (QED) is 0.261. The summed E-state index contributed by atoms with van der Waals surface area (Å²) in [4.78, 5) is 38.5. The molecular formula is C32H27FN2O5. The van der Waals surface area contributed by atoms with E-state index in [1.54, 1.807) is 24.3 Å². The highest BCUT2D eigenvalue weighted by atomic mass is 19.1. The number of carbonyl (C=O) groups excluding carboxylic acids is 2. The number of nitrogens with zero attached hydrogens (tertiary/aromatic N) is 1. The zero-order chi connectivity index (χ0) is 28.1. The number of amides is 2. The van der Waals surface area contributed by atoms with E-state index in [0.717, 1.165) is 27.8 Å². The molecule has 0 heterocycles. The third-order valence-corrected chi connectivity index (χ3v) is 6.91. The molecule has 0 saturated heterocycles. The fraction of sp³-hybridized carbons (Fsp3) is 0.156. The van der Waals surface area contributed by atoms with Gasteiger partial charge in [0.05, 0.1) is 17.7 Å². The maximum Gasteiger partial charge on any atom is 0.411 e. The number of rotatable bonds is 9. The molecule has 2 amide bonds. The first kappa shape index (κ1) is 26.6. The summed E-state index contributed by atoms with van der Waals surface area (Å²) >= 11 is 0. The number of carboxylic acids is 1. The molecule has 40 heavy (non-hydrogen) atoms. The van der Waals surface area contributed by atoms with Crippen LogP contribution in [-0.4, -0.2) is 41.1 Å². The van der Waals surface area contributed by atoms with E-state index in [1.165, 1.54) is 23.1 Å². The molecule has 0 aliphatic heterocycles. The molecule has 1 aliphatic rings. The lowest BCUT2D eigenvalue weighted by molar-refractivity contribution is -0.137. The van der Waals surface area contributed by atoms with Crippen LogP contribution in [0.15, 0.2) is 97.1 Å². The molecule has 0 unspecified atom stereocenters. The van der Waals surface area contributed by atoms with Crippen molar-refractivity contribution in [2.75, 3.05) is 18.5 Å². The highest BCUT2D eigenvalue weighted by molar-refractivity contribution is 5.97. The molecule has 4 aromatic carbocycles. The molecule has 0 spiro atoms. The lowest BCUT2D eigenvalue weighted by Crippen LogP contribution is -2.33. The van der Waals surface area contributed by atoms with Crippen molar-refractivity contribution in [3.8, 4) is 11.1 Å². The van der Waals surface area contributed by atoms with E-state index >= 15 is 4.39 Å². The van der Waals surface area contributed by atoms with Gasteiger partial charge in [-0.2, -0.15) is 0 Å². The molecule has 202 valence electrons. The molecule has 2 N–H and O–H groups in total. The molecule has 0 saturated carbocycles. The fourth-order valence-corrected chi connectivity index (χ4v) is 5.00. The van der Waals surface area contributed by atoms with Crippen LogP contribution in [0.3, 0.4) is 0 Å². The number of aliphatic carboxylic acids is 1. The number of anilines is 1. The molecule has 0 fully saturated rings. The summed E-state index contributed by atoms with van der Waals surface area (Å²) < 4.78 is 21.0. The molecule has 0 radical (unpaired) electrons. The van der Waals surface area contributed by atoms with Gasteiger partial charge in [0.15, 0.2) is 5.82 Å². The smallest absolute Gasteiger partial charge is 0.411 e. The van der Waals surface area contributed by atoms with Crippen LogP contribution in [0.25, 0.3) is 11.1 Å². The average Bonchev–Trinajstić information content (AvgIpc) is 3.29. The first-order chi connectivity index (χ1) is 19.4. The summed E-state index contributed by atoms with van der Waals surface area (Å²) in [5.74, 6) is -2.83. The number of carboxylic acid groups (broad SMARTS) is 1. The molecule has 0 atom stereocenters. The number of fused-ring (bicyclic) bond motifs is 3. The fourth-order valence-electron chi connectivity index (χ4n) is 5.00. The van der Waals surface area contributed by atoms with Crippen LogP contribution in [0.4, 0.5) is 14.9 Å². The Hall–Kier alpha value is -4.98. The highest BCUT2D eigenvalue weighted by Gasteiger charge is 2.29. The second-order valence-corrected chi connectivity index (χ2v) is 9.47. The van der Waals surface area contributed by atoms with Gasteiger partial charge in [0, 0.05) is 19.0 Å². The third-order valence-electron chi connectivity index (χ3n) is 6.91. The predicted molar refractivity (Wildman–Crippen MR) is 149 cm³/mol. The third kappa shape index (κ3) is 5.71. The minimum Gasteiger partial charge on any atom is -0.481 e. The van der Waals surface area contributed by atoms with Crippen LogP contribution in [0.5, 0.6) is 0 Å². The number of carbonyl (C=O) groups is 3. The number of hydrogen-bond donors (Lipinski definition) is 2. The van der Waals surface area contributed by atoms with Gasteiger partial charge in [0.25, 0.3) is 5.91 Å².